The molecule has 108 valence electrons. The first-order chi connectivity index (χ1) is 9.45. The van der Waals surface area contributed by atoms with Gasteiger partial charge in [-0.2, -0.15) is 0 Å². The van der Waals surface area contributed by atoms with Gasteiger partial charge in [-0.15, -0.1) is 0 Å². The minimum atomic E-state index is -0.645. The lowest BCUT2D eigenvalue weighted by atomic mass is 10.1. The fourth-order valence-electron chi connectivity index (χ4n) is 2.26. The van der Waals surface area contributed by atoms with Crippen molar-refractivity contribution in [3.05, 3.63) is 35.7 Å². The largest absolute Gasteiger partial charge is 0.383 e. The summed E-state index contributed by atoms with van der Waals surface area (Å²) in [6.07, 6.45) is 0.908. The molecule has 0 fully saturated rings. The monoisotopic (exact) mass is 279 g/mol. The first-order valence-corrected chi connectivity index (χ1v) is 6.77. The molecule has 1 heterocycles. The van der Waals surface area contributed by atoms with Crippen molar-refractivity contribution in [3.8, 4) is 11.3 Å². The van der Waals surface area contributed by atoms with Gasteiger partial charge in [-0.1, -0.05) is 20.8 Å². The van der Waals surface area contributed by atoms with E-state index in [1.54, 1.807) is 0 Å². The molecule has 3 nitrogen and oxygen atoms in total. The highest BCUT2D eigenvalue weighted by molar-refractivity contribution is 5.71. The number of imidazole rings is 1. The molecule has 2 aromatic rings. The van der Waals surface area contributed by atoms with Crippen LogP contribution in [0, 0.1) is 11.6 Å². The van der Waals surface area contributed by atoms with Gasteiger partial charge in [-0.05, 0) is 18.6 Å². The summed E-state index contributed by atoms with van der Waals surface area (Å²) in [5.74, 6) is 0.181. The summed E-state index contributed by atoms with van der Waals surface area (Å²) in [5.41, 5.74) is 6.73. The molecule has 0 aliphatic heterocycles. The minimum Gasteiger partial charge on any atom is -0.383 e. The lowest BCUT2D eigenvalue weighted by molar-refractivity contribution is 0.585. The number of nitrogens with zero attached hydrogens (tertiary/aromatic N) is 2. The Morgan fingerprint density at radius 3 is 2.55 bits per heavy atom. The number of anilines is 1. The Kier molecular flexibility index (Phi) is 4.06. The molecule has 0 aliphatic rings. The fourth-order valence-corrected chi connectivity index (χ4v) is 2.26. The Morgan fingerprint density at radius 2 is 2.00 bits per heavy atom. The van der Waals surface area contributed by atoms with E-state index in [0.717, 1.165) is 24.9 Å². The predicted molar refractivity (Wildman–Crippen MR) is 76.4 cm³/mol. The first kappa shape index (κ1) is 14.5. The van der Waals surface area contributed by atoms with Crippen LogP contribution >= 0.6 is 0 Å². The summed E-state index contributed by atoms with van der Waals surface area (Å²) in [4.78, 5) is 4.46. The molecule has 2 N–H and O–H groups in total. The number of halogens is 2. The molecule has 0 radical (unpaired) electrons. The summed E-state index contributed by atoms with van der Waals surface area (Å²) in [7, 11) is 0. The highest BCUT2D eigenvalue weighted by Crippen LogP contribution is 2.31. The third kappa shape index (κ3) is 2.53. The number of nitrogens with two attached hydrogens (primary N) is 1. The van der Waals surface area contributed by atoms with Crippen LogP contribution in [0.5, 0.6) is 0 Å². The molecule has 2 rings (SSSR count). The summed E-state index contributed by atoms with van der Waals surface area (Å²) in [5, 5.41) is 0. The average molecular weight is 279 g/mol. The van der Waals surface area contributed by atoms with Crippen LogP contribution in [0.4, 0.5) is 14.6 Å². The Balaban J connectivity index is 2.60. The number of aromatic nitrogens is 2. The molecule has 20 heavy (non-hydrogen) atoms. The highest BCUT2D eigenvalue weighted by Gasteiger charge is 2.20. The van der Waals surface area contributed by atoms with Crippen molar-refractivity contribution >= 4 is 5.82 Å². The van der Waals surface area contributed by atoms with Gasteiger partial charge in [0.15, 0.2) is 0 Å². The van der Waals surface area contributed by atoms with Crippen LogP contribution < -0.4 is 5.73 Å². The van der Waals surface area contributed by atoms with E-state index < -0.39 is 11.6 Å². The van der Waals surface area contributed by atoms with Crippen molar-refractivity contribution in [3.63, 3.8) is 0 Å². The van der Waals surface area contributed by atoms with Gasteiger partial charge in [-0.25, -0.2) is 13.8 Å². The predicted octanol–water partition coefficient (Wildman–Crippen LogP) is 3.94. The second kappa shape index (κ2) is 5.61. The Morgan fingerprint density at radius 1 is 1.30 bits per heavy atom. The van der Waals surface area contributed by atoms with E-state index in [0.29, 0.717) is 11.5 Å². The molecule has 0 bridgehead atoms. The van der Waals surface area contributed by atoms with Crippen molar-refractivity contribution in [2.24, 2.45) is 0 Å². The van der Waals surface area contributed by atoms with Crippen LogP contribution in [-0.4, -0.2) is 9.55 Å². The number of hydrogen-bond donors (Lipinski definition) is 1. The van der Waals surface area contributed by atoms with E-state index in [-0.39, 0.29) is 11.5 Å². The smallest absolute Gasteiger partial charge is 0.135 e. The molecular formula is C15H19F2N3. The Labute approximate surface area is 117 Å². The summed E-state index contributed by atoms with van der Waals surface area (Å²) in [6.45, 7) is 6.80. The lowest BCUT2D eigenvalue weighted by Crippen LogP contribution is -2.08. The number of nitrogen functional groups attached to an aromatic ring is 1. The standard InChI is InChI=1S/C15H19F2N3/c1-4-7-20-14(18)13(19-15(20)9(2)3)11-6-5-10(16)8-12(11)17/h5-6,8-9H,4,7,18H2,1-3H3. The van der Waals surface area contributed by atoms with Crippen LogP contribution in [-0.2, 0) is 6.54 Å². The van der Waals surface area contributed by atoms with E-state index in [1.807, 2.05) is 25.3 Å². The van der Waals surface area contributed by atoms with Crippen molar-refractivity contribution in [1.82, 2.24) is 9.55 Å². The molecule has 1 aromatic carbocycles. The molecule has 0 aliphatic carbocycles. The van der Waals surface area contributed by atoms with Gasteiger partial charge < -0.3 is 10.3 Å². The second-order valence-corrected chi connectivity index (χ2v) is 5.13. The van der Waals surface area contributed by atoms with Crippen molar-refractivity contribution < 1.29 is 8.78 Å². The zero-order chi connectivity index (χ0) is 14.9. The van der Waals surface area contributed by atoms with Gasteiger partial charge in [0.25, 0.3) is 0 Å². The van der Waals surface area contributed by atoms with E-state index >= 15 is 0 Å². The quantitative estimate of drug-likeness (QED) is 0.921. The number of rotatable bonds is 4. The molecule has 0 unspecified atom stereocenters. The molecule has 0 saturated carbocycles. The highest BCUT2D eigenvalue weighted by atomic mass is 19.1. The second-order valence-electron chi connectivity index (χ2n) is 5.13. The third-order valence-electron chi connectivity index (χ3n) is 3.19. The molecule has 5 heteroatoms. The molecular weight excluding hydrogens is 260 g/mol. The first-order valence-electron chi connectivity index (χ1n) is 6.77. The topological polar surface area (TPSA) is 43.8 Å². The molecule has 0 atom stereocenters. The van der Waals surface area contributed by atoms with E-state index in [9.17, 15) is 8.78 Å². The van der Waals surface area contributed by atoms with Gasteiger partial charge in [0.2, 0.25) is 0 Å². The van der Waals surface area contributed by atoms with Crippen LogP contribution in [0.1, 0.15) is 38.9 Å². The summed E-state index contributed by atoms with van der Waals surface area (Å²) in [6, 6.07) is 3.44. The SMILES string of the molecule is CCCn1c(C(C)C)nc(-c2ccc(F)cc2F)c1N. The van der Waals surface area contributed by atoms with Crippen LogP contribution in [0.15, 0.2) is 18.2 Å². The average Bonchev–Trinajstić information content (AvgIpc) is 2.68. The number of benzene rings is 1. The Hall–Kier alpha value is -1.91. The van der Waals surface area contributed by atoms with Gasteiger partial charge in [-0.3, -0.25) is 0 Å². The molecule has 1 aromatic heterocycles. The van der Waals surface area contributed by atoms with Crippen LogP contribution in [0.2, 0.25) is 0 Å². The maximum atomic E-state index is 13.9. The molecule has 0 amide bonds. The molecule has 0 saturated heterocycles. The van der Waals surface area contributed by atoms with E-state index in [2.05, 4.69) is 4.98 Å². The lowest BCUT2D eigenvalue weighted by Gasteiger charge is -2.10. The van der Waals surface area contributed by atoms with E-state index in [4.69, 9.17) is 5.73 Å². The van der Waals surface area contributed by atoms with Crippen molar-refractivity contribution in [1.29, 1.82) is 0 Å². The zero-order valence-electron chi connectivity index (χ0n) is 12.0. The maximum Gasteiger partial charge on any atom is 0.135 e. The third-order valence-corrected chi connectivity index (χ3v) is 3.19. The van der Waals surface area contributed by atoms with Gasteiger partial charge in [0.05, 0.1) is 0 Å². The van der Waals surface area contributed by atoms with Crippen molar-refractivity contribution in [2.45, 2.75) is 39.7 Å². The Bertz CT molecular complexity index is 618. The van der Waals surface area contributed by atoms with Gasteiger partial charge in [0, 0.05) is 24.1 Å². The molecule has 0 spiro atoms. The summed E-state index contributed by atoms with van der Waals surface area (Å²) < 4.78 is 28.8. The van der Waals surface area contributed by atoms with E-state index in [1.165, 1.54) is 12.1 Å². The normalized spacial score (nSPS) is 11.3. The fraction of sp³-hybridized carbons (Fsp3) is 0.400. The van der Waals surface area contributed by atoms with Gasteiger partial charge in [0.1, 0.15) is 29.0 Å². The maximum absolute atomic E-state index is 13.9. The van der Waals surface area contributed by atoms with Gasteiger partial charge >= 0.3 is 0 Å². The summed E-state index contributed by atoms with van der Waals surface area (Å²) >= 11 is 0. The van der Waals surface area contributed by atoms with Crippen LogP contribution in [0.25, 0.3) is 11.3 Å². The zero-order valence-corrected chi connectivity index (χ0v) is 12.0. The minimum absolute atomic E-state index is 0.182. The van der Waals surface area contributed by atoms with Crippen LogP contribution in [0.3, 0.4) is 0 Å². The van der Waals surface area contributed by atoms with Crippen molar-refractivity contribution in [2.75, 3.05) is 5.73 Å². The number of hydrogen-bond acceptors (Lipinski definition) is 2.